The second-order valence-electron chi connectivity index (χ2n) is 4.82. The predicted molar refractivity (Wildman–Crippen MR) is 90.1 cm³/mol. The number of hydrogen-bond acceptors (Lipinski definition) is 2. The topological polar surface area (TPSA) is 26.3 Å². The molecule has 3 aromatic carbocycles. The van der Waals surface area contributed by atoms with E-state index in [2.05, 4.69) is 0 Å². The fourth-order valence-electron chi connectivity index (χ4n) is 2.06. The van der Waals surface area contributed by atoms with Gasteiger partial charge in [-0.15, -0.1) is 23.8 Å². The number of rotatable bonds is 4. The number of hydrogen-bond donors (Lipinski definition) is 0. The van der Waals surface area contributed by atoms with Gasteiger partial charge in [-0.05, 0) is 6.42 Å². The van der Waals surface area contributed by atoms with Gasteiger partial charge in [0.25, 0.3) is 0 Å². The van der Waals surface area contributed by atoms with Crippen molar-refractivity contribution in [2.45, 2.75) is 13.3 Å². The molecule has 0 radical (unpaired) electrons. The van der Waals surface area contributed by atoms with Crippen LogP contribution in [0.1, 0.15) is 23.7 Å². The normalized spacial score (nSPS) is 9.26. The van der Waals surface area contributed by atoms with Crippen molar-refractivity contribution in [1.82, 2.24) is 0 Å². The molecule has 23 heavy (non-hydrogen) atoms. The van der Waals surface area contributed by atoms with Crippen molar-refractivity contribution in [1.29, 1.82) is 0 Å². The van der Waals surface area contributed by atoms with Crippen LogP contribution < -0.4 is 0 Å². The number of carbonyl (C=O) groups is 1. The van der Waals surface area contributed by atoms with Crippen molar-refractivity contribution in [3.63, 3.8) is 0 Å². The fourth-order valence-corrected chi connectivity index (χ4v) is 2.06. The Morgan fingerprint density at radius 1 is 1.04 bits per heavy atom. The van der Waals surface area contributed by atoms with Crippen LogP contribution in [0.5, 0.6) is 0 Å². The Labute approximate surface area is 148 Å². The summed E-state index contributed by atoms with van der Waals surface area (Å²) in [7, 11) is 0. The molecule has 0 saturated heterocycles. The van der Waals surface area contributed by atoms with Crippen molar-refractivity contribution in [2.24, 2.45) is 0 Å². The average Bonchev–Trinajstić information content (AvgIpc) is 3.28. The van der Waals surface area contributed by atoms with Crippen molar-refractivity contribution in [3.8, 4) is 11.1 Å². The van der Waals surface area contributed by atoms with E-state index in [4.69, 9.17) is 4.74 Å². The zero-order valence-electron chi connectivity index (χ0n) is 13.1. The van der Waals surface area contributed by atoms with Gasteiger partial charge >= 0.3 is 5.97 Å². The third-order valence-electron chi connectivity index (χ3n) is 3.11. The van der Waals surface area contributed by atoms with Gasteiger partial charge in [0.2, 0.25) is 0 Å². The van der Waals surface area contributed by atoms with Gasteiger partial charge in [0.15, 0.2) is 0 Å². The molecule has 3 aromatic rings. The largest absolute Gasteiger partial charge is 0.468 e. The Morgan fingerprint density at radius 3 is 2.26 bits per heavy atom. The molecule has 0 bridgehead atoms. The minimum absolute atomic E-state index is 0. The van der Waals surface area contributed by atoms with Gasteiger partial charge < -0.3 is 4.74 Å². The average molecular weight is 348 g/mol. The molecule has 0 aliphatic rings. The Bertz CT molecular complexity index is 638. The van der Waals surface area contributed by atoms with Gasteiger partial charge in [0.1, 0.15) is 0 Å². The summed E-state index contributed by atoms with van der Waals surface area (Å²) in [5.41, 5.74) is 2.61. The van der Waals surface area contributed by atoms with Crippen LogP contribution in [0.15, 0.2) is 78.9 Å². The molecule has 2 nitrogen and oxygen atoms in total. The molecule has 0 spiro atoms. The van der Waals surface area contributed by atoms with Gasteiger partial charge in [-0.25, -0.2) is 12.1 Å². The van der Waals surface area contributed by atoms with Gasteiger partial charge in [0, 0.05) is 22.6 Å². The molecular weight excluding hydrogens is 328 g/mol. The molecule has 0 heterocycles. The molecule has 0 N–H and O–H groups in total. The van der Waals surface area contributed by atoms with E-state index in [1.54, 1.807) is 6.07 Å². The first-order chi connectivity index (χ1) is 10.8. The minimum atomic E-state index is -0.247. The molecular formula is C20H20FeO2-2. The van der Waals surface area contributed by atoms with Gasteiger partial charge in [-0.3, -0.25) is 4.79 Å². The molecule has 0 amide bonds. The smallest absolute Gasteiger partial charge is 0.304 e. The van der Waals surface area contributed by atoms with E-state index in [0.29, 0.717) is 12.2 Å². The second-order valence-corrected chi connectivity index (χ2v) is 4.82. The molecule has 0 unspecified atom stereocenters. The summed E-state index contributed by atoms with van der Waals surface area (Å²) in [4.78, 5) is 11.9. The van der Waals surface area contributed by atoms with E-state index in [0.717, 1.165) is 17.5 Å². The second kappa shape index (κ2) is 10.6. The first-order valence-corrected chi connectivity index (χ1v) is 7.48. The van der Waals surface area contributed by atoms with Crippen molar-refractivity contribution in [3.05, 3.63) is 84.4 Å². The van der Waals surface area contributed by atoms with Crippen LogP contribution >= 0.6 is 0 Å². The summed E-state index contributed by atoms with van der Waals surface area (Å²) in [6, 6.07) is 25.4. The van der Waals surface area contributed by atoms with E-state index >= 15 is 0 Å². The maximum atomic E-state index is 11.9. The number of benzene rings is 1. The number of carbonyl (C=O) groups excluding carboxylic acids is 1. The zero-order chi connectivity index (χ0) is 15.6. The van der Waals surface area contributed by atoms with Gasteiger partial charge in [-0.2, -0.15) is 30.3 Å². The molecule has 0 aromatic heterocycles. The Morgan fingerprint density at radius 2 is 1.70 bits per heavy atom. The van der Waals surface area contributed by atoms with Crippen LogP contribution in [0.3, 0.4) is 0 Å². The molecule has 0 saturated carbocycles. The fraction of sp³-hybridized carbons (Fsp3) is 0.150. The van der Waals surface area contributed by atoms with Gasteiger partial charge in [0.05, 0.1) is 6.61 Å². The number of esters is 1. The van der Waals surface area contributed by atoms with Crippen LogP contribution in [0.2, 0.25) is 0 Å². The molecule has 0 atom stereocenters. The first-order valence-electron chi connectivity index (χ1n) is 7.48. The molecule has 0 aliphatic carbocycles. The van der Waals surface area contributed by atoms with Crippen LogP contribution in [0, 0.1) is 0 Å². The third-order valence-corrected chi connectivity index (χ3v) is 3.11. The monoisotopic (exact) mass is 348 g/mol. The molecule has 3 rings (SSSR count). The van der Waals surface area contributed by atoms with Crippen molar-refractivity contribution >= 4 is 5.97 Å². The predicted octanol–water partition coefficient (Wildman–Crippen LogP) is 5.04. The minimum Gasteiger partial charge on any atom is -0.468 e. The maximum Gasteiger partial charge on any atom is 0.304 e. The molecule has 3 heteroatoms. The Balaban J connectivity index is 0.000000377. The van der Waals surface area contributed by atoms with E-state index in [-0.39, 0.29) is 23.0 Å². The first kappa shape index (κ1) is 19.0. The summed E-state index contributed by atoms with van der Waals surface area (Å²) in [6.07, 6.45) is 0.838. The standard InChI is InChI=1S/C15H15O2.C5H5.Fe/c1-2-11-17-15(16)14-10-6-5-9-13(14)12-7-3-4-8-12;1-2-4-5-3-1;/h3-10H,2,11H2,1H3;1-5H;/q2*-1;. The summed E-state index contributed by atoms with van der Waals surface area (Å²) < 4.78 is 5.18. The van der Waals surface area contributed by atoms with E-state index < -0.39 is 0 Å². The SMILES string of the molecule is CCCOC(=O)c1ccccc1-[c-]1cccc1.[Fe].c1cc[cH-]c1. The quantitative estimate of drug-likeness (QED) is 0.375. The Hall–Kier alpha value is -2.09. The van der Waals surface area contributed by atoms with Crippen LogP contribution in [0.25, 0.3) is 11.1 Å². The van der Waals surface area contributed by atoms with Crippen LogP contribution in [-0.2, 0) is 21.8 Å². The summed E-state index contributed by atoms with van der Waals surface area (Å²) in [6.45, 7) is 2.45. The molecule has 122 valence electrons. The Kier molecular flexibility index (Phi) is 8.74. The summed E-state index contributed by atoms with van der Waals surface area (Å²) in [5, 5.41) is 0. The van der Waals surface area contributed by atoms with Crippen molar-refractivity contribution < 1.29 is 26.6 Å². The third kappa shape index (κ3) is 5.90. The van der Waals surface area contributed by atoms with Crippen LogP contribution in [-0.4, -0.2) is 12.6 Å². The zero-order valence-corrected chi connectivity index (χ0v) is 14.2. The maximum absolute atomic E-state index is 11.9. The van der Waals surface area contributed by atoms with E-state index in [1.165, 1.54) is 0 Å². The van der Waals surface area contributed by atoms with Crippen LogP contribution in [0.4, 0.5) is 0 Å². The summed E-state index contributed by atoms with van der Waals surface area (Å²) in [5.74, 6) is -0.247. The number of ether oxygens (including phenoxy) is 1. The molecule has 0 fully saturated rings. The van der Waals surface area contributed by atoms with Crippen molar-refractivity contribution in [2.75, 3.05) is 6.61 Å². The molecule has 0 aliphatic heterocycles. The summed E-state index contributed by atoms with van der Waals surface area (Å²) >= 11 is 0. The van der Waals surface area contributed by atoms with Gasteiger partial charge in [-0.1, -0.05) is 30.7 Å². The van der Waals surface area contributed by atoms with E-state index in [9.17, 15) is 4.79 Å². The van der Waals surface area contributed by atoms with E-state index in [1.807, 2.05) is 79.7 Å².